The first-order valence-electron chi connectivity index (χ1n) is 7.74. The van der Waals surface area contributed by atoms with Crippen molar-refractivity contribution in [2.45, 2.75) is 25.4 Å². The number of likely N-dealkylation sites (tertiary alicyclic amines) is 1. The third-order valence-corrected chi connectivity index (χ3v) is 4.50. The standard InChI is InChI=1S/C15H18N8O/c1-9-18-19-13-5-4-12(20-23(9)13)17-10-8-14(24)21(2)15(10)11-6-7-16-22(11)3/h4-7,10,15H,8H2,1-3H3,(H,17,20)/t10-,15-/m1/s1. The van der Waals surface area contributed by atoms with Crippen molar-refractivity contribution in [2.75, 3.05) is 12.4 Å². The molecular formula is C15H18N8O. The van der Waals surface area contributed by atoms with Gasteiger partial charge < -0.3 is 10.2 Å². The summed E-state index contributed by atoms with van der Waals surface area (Å²) in [6.45, 7) is 1.85. The summed E-state index contributed by atoms with van der Waals surface area (Å²) in [6, 6.07) is 5.47. The molecule has 4 heterocycles. The van der Waals surface area contributed by atoms with Crippen LogP contribution in [0.15, 0.2) is 24.4 Å². The van der Waals surface area contributed by atoms with E-state index in [-0.39, 0.29) is 18.0 Å². The van der Waals surface area contributed by atoms with Crippen LogP contribution in [-0.2, 0) is 11.8 Å². The molecule has 1 aliphatic rings. The highest BCUT2D eigenvalue weighted by atomic mass is 16.2. The highest BCUT2D eigenvalue weighted by Gasteiger charge is 2.40. The van der Waals surface area contributed by atoms with Crippen LogP contribution in [0, 0.1) is 6.92 Å². The summed E-state index contributed by atoms with van der Waals surface area (Å²) in [7, 11) is 3.70. The summed E-state index contributed by atoms with van der Waals surface area (Å²) < 4.78 is 3.48. The first kappa shape index (κ1) is 14.6. The average molecular weight is 326 g/mol. The predicted octanol–water partition coefficient (Wildman–Crippen LogP) is 0.550. The van der Waals surface area contributed by atoms with Gasteiger partial charge in [0.1, 0.15) is 5.82 Å². The van der Waals surface area contributed by atoms with Gasteiger partial charge in [-0.1, -0.05) is 0 Å². The molecule has 2 atom stereocenters. The lowest BCUT2D eigenvalue weighted by Crippen LogP contribution is -2.31. The van der Waals surface area contributed by atoms with Crippen LogP contribution >= 0.6 is 0 Å². The van der Waals surface area contributed by atoms with Crippen LogP contribution in [0.3, 0.4) is 0 Å². The third kappa shape index (κ3) is 2.20. The molecule has 9 nitrogen and oxygen atoms in total. The van der Waals surface area contributed by atoms with E-state index in [1.807, 2.05) is 39.2 Å². The summed E-state index contributed by atoms with van der Waals surface area (Å²) in [5, 5.41) is 20.2. The van der Waals surface area contributed by atoms with Crippen molar-refractivity contribution in [3.8, 4) is 0 Å². The molecule has 9 heteroatoms. The number of aryl methyl sites for hydroxylation is 2. The molecule has 0 aromatic carbocycles. The van der Waals surface area contributed by atoms with Gasteiger partial charge in [0.25, 0.3) is 0 Å². The minimum Gasteiger partial charge on any atom is -0.363 e. The van der Waals surface area contributed by atoms with Gasteiger partial charge in [-0.3, -0.25) is 9.48 Å². The first-order valence-corrected chi connectivity index (χ1v) is 7.74. The molecule has 3 aromatic heterocycles. The van der Waals surface area contributed by atoms with E-state index in [1.165, 1.54) is 0 Å². The highest BCUT2D eigenvalue weighted by Crippen LogP contribution is 2.33. The van der Waals surface area contributed by atoms with E-state index in [0.29, 0.717) is 17.9 Å². The fourth-order valence-corrected chi connectivity index (χ4v) is 3.24. The van der Waals surface area contributed by atoms with Crippen molar-refractivity contribution >= 4 is 17.4 Å². The van der Waals surface area contributed by atoms with Crippen LogP contribution in [0.1, 0.15) is 24.0 Å². The Morgan fingerprint density at radius 1 is 1.21 bits per heavy atom. The van der Waals surface area contributed by atoms with Crippen LogP contribution in [-0.4, -0.2) is 53.5 Å². The summed E-state index contributed by atoms with van der Waals surface area (Å²) in [5.41, 5.74) is 1.68. The normalized spacial score (nSPS) is 21.0. The quantitative estimate of drug-likeness (QED) is 0.755. The Morgan fingerprint density at radius 3 is 2.79 bits per heavy atom. The lowest BCUT2D eigenvalue weighted by Gasteiger charge is -2.25. The number of hydrogen-bond acceptors (Lipinski definition) is 6. The Kier molecular flexibility index (Phi) is 3.22. The molecule has 24 heavy (non-hydrogen) atoms. The number of rotatable bonds is 3. The largest absolute Gasteiger partial charge is 0.363 e. The molecule has 1 fully saturated rings. The van der Waals surface area contributed by atoms with E-state index in [4.69, 9.17) is 0 Å². The van der Waals surface area contributed by atoms with Crippen molar-refractivity contribution in [1.29, 1.82) is 0 Å². The minimum absolute atomic E-state index is 0.0837. The fourth-order valence-electron chi connectivity index (χ4n) is 3.24. The summed E-state index contributed by atoms with van der Waals surface area (Å²) in [5.74, 6) is 1.50. The van der Waals surface area contributed by atoms with Crippen LogP contribution in [0.2, 0.25) is 0 Å². The van der Waals surface area contributed by atoms with Gasteiger partial charge in [0, 0.05) is 26.7 Å². The lowest BCUT2D eigenvalue weighted by atomic mass is 10.1. The van der Waals surface area contributed by atoms with Crippen LogP contribution < -0.4 is 5.32 Å². The zero-order valence-corrected chi connectivity index (χ0v) is 13.7. The van der Waals surface area contributed by atoms with Crippen molar-refractivity contribution in [3.63, 3.8) is 0 Å². The van der Waals surface area contributed by atoms with Crippen LogP contribution in [0.4, 0.5) is 5.82 Å². The second-order valence-corrected chi connectivity index (χ2v) is 6.02. The van der Waals surface area contributed by atoms with E-state index in [1.54, 1.807) is 20.3 Å². The van der Waals surface area contributed by atoms with Gasteiger partial charge in [-0.05, 0) is 25.1 Å². The molecule has 0 saturated carbocycles. The molecular weight excluding hydrogens is 308 g/mol. The number of hydrogen-bond donors (Lipinski definition) is 1. The molecule has 0 aliphatic carbocycles. The second kappa shape index (κ2) is 5.29. The topological polar surface area (TPSA) is 93.2 Å². The first-order chi connectivity index (χ1) is 11.5. The summed E-state index contributed by atoms with van der Waals surface area (Å²) in [6.07, 6.45) is 2.15. The molecule has 1 aliphatic heterocycles. The average Bonchev–Trinajstić information content (AvgIpc) is 3.21. The number of amides is 1. The number of fused-ring (bicyclic) bond motifs is 1. The number of nitrogens with one attached hydrogen (secondary N) is 1. The second-order valence-electron chi connectivity index (χ2n) is 6.02. The van der Waals surface area contributed by atoms with Gasteiger partial charge in [-0.25, -0.2) is 0 Å². The zero-order chi connectivity index (χ0) is 16.8. The van der Waals surface area contributed by atoms with Gasteiger partial charge >= 0.3 is 0 Å². The van der Waals surface area contributed by atoms with Gasteiger partial charge in [0.05, 0.1) is 17.8 Å². The van der Waals surface area contributed by atoms with Gasteiger partial charge in [0.15, 0.2) is 11.5 Å². The Bertz CT molecular complexity index is 913. The minimum atomic E-state index is -0.0930. The summed E-state index contributed by atoms with van der Waals surface area (Å²) in [4.78, 5) is 14.0. The van der Waals surface area contributed by atoms with E-state index in [2.05, 4.69) is 25.7 Å². The molecule has 0 spiro atoms. The maximum absolute atomic E-state index is 12.2. The maximum Gasteiger partial charge on any atom is 0.225 e. The van der Waals surface area contributed by atoms with Gasteiger partial charge in [0.2, 0.25) is 5.91 Å². The van der Waals surface area contributed by atoms with Crippen LogP contribution in [0.5, 0.6) is 0 Å². The SMILES string of the molecule is Cc1nnc2ccc(N[C@@H]3CC(=O)N(C)[C@H]3c3ccnn3C)nn12. The predicted molar refractivity (Wildman–Crippen MR) is 86.3 cm³/mol. The van der Waals surface area contributed by atoms with Crippen molar-refractivity contribution in [2.24, 2.45) is 7.05 Å². The molecule has 0 bridgehead atoms. The highest BCUT2D eigenvalue weighted by molar-refractivity contribution is 5.80. The number of anilines is 1. The number of aromatic nitrogens is 6. The Morgan fingerprint density at radius 2 is 2.04 bits per heavy atom. The van der Waals surface area contributed by atoms with E-state index in [9.17, 15) is 4.79 Å². The number of carbonyl (C=O) groups excluding carboxylic acids is 1. The van der Waals surface area contributed by atoms with E-state index in [0.717, 1.165) is 11.5 Å². The molecule has 0 radical (unpaired) electrons. The Labute approximate surface area is 138 Å². The third-order valence-electron chi connectivity index (χ3n) is 4.50. The Hall–Kier alpha value is -2.97. The van der Waals surface area contributed by atoms with Gasteiger partial charge in [-0.2, -0.15) is 9.61 Å². The molecule has 124 valence electrons. The molecule has 1 saturated heterocycles. The monoisotopic (exact) mass is 326 g/mol. The molecule has 1 amide bonds. The molecule has 0 unspecified atom stereocenters. The van der Waals surface area contributed by atoms with E-state index >= 15 is 0 Å². The fraction of sp³-hybridized carbons (Fsp3) is 0.400. The molecule has 1 N–H and O–H groups in total. The van der Waals surface area contributed by atoms with Gasteiger partial charge in [-0.15, -0.1) is 15.3 Å². The summed E-state index contributed by atoms with van der Waals surface area (Å²) >= 11 is 0. The molecule has 4 rings (SSSR count). The lowest BCUT2D eigenvalue weighted by molar-refractivity contribution is -0.127. The maximum atomic E-state index is 12.2. The number of nitrogens with zero attached hydrogens (tertiary/aromatic N) is 7. The molecule has 3 aromatic rings. The number of carbonyl (C=O) groups is 1. The zero-order valence-electron chi connectivity index (χ0n) is 13.7. The number of likely N-dealkylation sites (N-methyl/N-ethyl adjacent to an activating group) is 1. The smallest absolute Gasteiger partial charge is 0.225 e. The van der Waals surface area contributed by atoms with Crippen molar-refractivity contribution in [3.05, 3.63) is 35.9 Å². The van der Waals surface area contributed by atoms with Crippen molar-refractivity contribution < 1.29 is 4.79 Å². The Balaban J connectivity index is 1.67. The van der Waals surface area contributed by atoms with Crippen molar-refractivity contribution in [1.82, 2.24) is 34.5 Å². The van der Waals surface area contributed by atoms with E-state index < -0.39 is 0 Å². The van der Waals surface area contributed by atoms with Crippen LogP contribution in [0.25, 0.3) is 5.65 Å².